The van der Waals surface area contributed by atoms with E-state index in [1.165, 1.54) is 11.1 Å². The maximum atomic E-state index is 4.45. The lowest BCUT2D eigenvalue weighted by Crippen LogP contribution is -2.25. The predicted molar refractivity (Wildman–Crippen MR) is 86.8 cm³/mol. The van der Waals surface area contributed by atoms with Crippen molar-refractivity contribution in [3.05, 3.63) is 52.0 Å². The molecule has 1 aromatic heterocycles. The van der Waals surface area contributed by atoms with Gasteiger partial charge in [0.15, 0.2) is 0 Å². The van der Waals surface area contributed by atoms with E-state index >= 15 is 0 Å². The van der Waals surface area contributed by atoms with Gasteiger partial charge < -0.3 is 9.88 Å². The number of halogens is 1. The van der Waals surface area contributed by atoms with E-state index in [0.29, 0.717) is 6.04 Å². The molecule has 0 amide bonds. The van der Waals surface area contributed by atoms with Crippen molar-refractivity contribution in [2.24, 2.45) is 7.05 Å². The molecule has 4 heteroatoms. The first-order valence-electron chi connectivity index (χ1n) is 7.07. The zero-order valence-corrected chi connectivity index (χ0v) is 13.9. The average Bonchev–Trinajstić information content (AvgIpc) is 2.78. The highest BCUT2D eigenvalue weighted by Crippen LogP contribution is 2.23. The SMILES string of the molecule is CCCNC(Cc1nccn1C)c1cc(C)cc(Br)c1. The van der Waals surface area contributed by atoms with Crippen molar-refractivity contribution in [2.75, 3.05) is 6.54 Å². The third-order valence-electron chi connectivity index (χ3n) is 3.42. The first kappa shape index (κ1) is 15.3. The summed E-state index contributed by atoms with van der Waals surface area (Å²) >= 11 is 3.59. The molecule has 1 heterocycles. The minimum absolute atomic E-state index is 0.298. The molecule has 0 bridgehead atoms. The molecule has 2 aromatic rings. The number of rotatable bonds is 6. The number of nitrogens with one attached hydrogen (secondary N) is 1. The molecule has 0 radical (unpaired) electrons. The van der Waals surface area contributed by atoms with Gasteiger partial charge in [-0.05, 0) is 43.1 Å². The molecule has 1 N–H and O–H groups in total. The maximum absolute atomic E-state index is 4.45. The van der Waals surface area contributed by atoms with Crippen LogP contribution in [0.1, 0.15) is 36.3 Å². The average molecular weight is 336 g/mol. The first-order chi connectivity index (χ1) is 9.60. The number of hydrogen-bond acceptors (Lipinski definition) is 2. The quantitative estimate of drug-likeness (QED) is 0.870. The number of hydrogen-bond donors (Lipinski definition) is 1. The molecule has 0 aliphatic carbocycles. The van der Waals surface area contributed by atoms with Gasteiger partial charge in [0, 0.05) is 36.4 Å². The molecule has 0 aliphatic heterocycles. The molecule has 0 saturated carbocycles. The zero-order chi connectivity index (χ0) is 14.5. The zero-order valence-electron chi connectivity index (χ0n) is 12.4. The second-order valence-corrected chi connectivity index (χ2v) is 6.14. The largest absolute Gasteiger partial charge is 0.338 e. The smallest absolute Gasteiger partial charge is 0.110 e. The Morgan fingerprint density at radius 3 is 2.75 bits per heavy atom. The lowest BCUT2D eigenvalue weighted by atomic mass is 10.0. The molecule has 1 atom stereocenters. The van der Waals surface area contributed by atoms with E-state index in [-0.39, 0.29) is 0 Å². The molecule has 2 rings (SSSR count). The van der Waals surface area contributed by atoms with Crippen molar-refractivity contribution in [3.8, 4) is 0 Å². The summed E-state index contributed by atoms with van der Waals surface area (Å²) in [6.07, 6.45) is 5.89. The van der Waals surface area contributed by atoms with E-state index in [9.17, 15) is 0 Å². The van der Waals surface area contributed by atoms with E-state index in [2.05, 4.69) is 62.8 Å². The third-order valence-corrected chi connectivity index (χ3v) is 3.87. The van der Waals surface area contributed by atoms with Crippen LogP contribution in [0.3, 0.4) is 0 Å². The van der Waals surface area contributed by atoms with Crippen LogP contribution < -0.4 is 5.32 Å². The summed E-state index contributed by atoms with van der Waals surface area (Å²) in [4.78, 5) is 4.45. The van der Waals surface area contributed by atoms with Gasteiger partial charge in [0.05, 0.1) is 0 Å². The maximum Gasteiger partial charge on any atom is 0.110 e. The summed E-state index contributed by atoms with van der Waals surface area (Å²) in [6.45, 7) is 5.34. The number of aromatic nitrogens is 2. The Morgan fingerprint density at radius 1 is 1.35 bits per heavy atom. The second kappa shape index (κ2) is 7.04. The molecule has 1 unspecified atom stereocenters. The van der Waals surface area contributed by atoms with Gasteiger partial charge in [0.1, 0.15) is 5.82 Å². The Morgan fingerprint density at radius 2 is 2.15 bits per heavy atom. The normalized spacial score (nSPS) is 12.6. The number of benzene rings is 1. The number of imidazole rings is 1. The standard InChI is InChI=1S/C16H22BrN3/c1-4-5-18-15(11-16-19-6-7-20(16)3)13-8-12(2)9-14(17)10-13/h6-10,15,18H,4-5,11H2,1-3H3. The van der Waals surface area contributed by atoms with Crippen LogP contribution in [-0.2, 0) is 13.5 Å². The fourth-order valence-corrected chi connectivity index (χ4v) is 2.99. The van der Waals surface area contributed by atoms with E-state index < -0.39 is 0 Å². The van der Waals surface area contributed by atoms with Gasteiger partial charge in [-0.25, -0.2) is 4.98 Å². The highest BCUT2D eigenvalue weighted by atomic mass is 79.9. The van der Waals surface area contributed by atoms with Crippen molar-refractivity contribution in [2.45, 2.75) is 32.7 Å². The lowest BCUT2D eigenvalue weighted by Gasteiger charge is -2.20. The van der Waals surface area contributed by atoms with Crippen LogP contribution in [0.15, 0.2) is 35.1 Å². The van der Waals surface area contributed by atoms with Crippen molar-refractivity contribution in [3.63, 3.8) is 0 Å². The van der Waals surface area contributed by atoms with Gasteiger partial charge in [-0.3, -0.25) is 0 Å². The fourth-order valence-electron chi connectivity index (χ4n) is 2.37. The van der Waals surface area contributed by atoms with Gasteiger partial charge in [0.2, 0.25) is 0 Å². The van der Waals surface area contributed by atoms with Crippen LogP contribution in [0.5, 0.6) is 0 Å². The molecular formula is C16H22BrN3. The Balaban J connectivity index is 2.24. The van der Waals surface area contributed by atoms with Gasteiger partial charge in [0.25, 0.3) is 0 Å². The summed E-state index contributed by atoms with van der Waals surface area (Å²) in [5, 5.41) is 3.63. The van der Waals surface area contributed by atoms with Crippen LogP contribution in [0.4, 0.5) is 0 Å². The van der Waals surface area contributed by atoms with Crippen molar-refractivity contribution in [1.29, 1.82) is 0 Å². The van der Waals surface area contributed by atoms with E-state index in [4.69, 9.17) is 0 Å². The van der Waals surface area contributed by atoms with Crippen molar-refractivity contribution >= 4 is 15.9 Å². The third kappa shape index (κ3) is 3.93. The Bertz CT molecular complexity index is 542. The molecular weight excluding hydrogens is 314 g/mol. The highest BCUT2D eigenvalue weighted by molar-refractivity contribution is 9.10. The summed E-state index contributed by atoms with van der Waals surface area (Å²) in [5.41, 5.74) is 2.59. The highest BCUT2D eigenvalue weighted by Gasteiger charge is 2.14. The van der Waals surface area contributed by atoms with Crippen molar-refractivity contribution < 1.29 is 0 Å². The van der Waals surface area contributed by atoms with Crippen molar-refractivity contribution in [1.82, 2.24) is 14.9 Å². The van der Waals surface area contributed by atoms with Gasteiger partial charge in [-0.15, -0.1) is 0 Å². The molecule has 108 valence electrons. The first-order valence-corrected chi connectivity index (χ1v) is 7.86. The van der Waals surface area contributed by atoms with Gasteiger partial charge in [-0.1, -0.05) is 28.9 Å². The van der Waals surface area contributed by atoms with Crippen LogP contribution in [0.25, 0.3) is 0 Å². The molecule has 0 aliphatic rings. The van der Waals surface area contributed by atoms with Crippen LogP contribution in [-0.4, -0.2) is 16.1 Å². The van der Waals surface area contributed by atoms with Gasteiger partial charge in [-0.2, -0.15) is 0 Å². The van der Waals surface area contributed by atoms with E-state index in [1.807, 2.05) is 19.4 Å². The predicted octanol–water partition coefficient (Wildman–Crippen LogP) is 3.77. The Kier molecular flexibility index (Phi) is 5.38. The lowest BCUT2D eigenvalue weighted by molar-refractivity contribution is 0.511. The molecule has 0 spiro atoms. The monoisotopic (exact) mass is 335 g/mol. The van der Waals surface area contributed by atoms with Crippen LogP contribution in [0.2, 0.25) is 0 Å². The van der Waals surface area contributed by atoms with Crippen LogP contribution in [0, 0.1) is 6.92 Å². The molecule has 20 heavy (non-hydrogen) atoms. The molecule has 0 saturated heterocycles. The summed E-state index contributed by atoms with van der Waals surface area (Å²) in [6, 6.07) is 6.89. The minimum Gasteiger partial charge on any atom is -0.338 e. The number of aryl methyl sites for hydroxylation is 2. The van der Waals surface area contributed by atoms with Gasteiger partial charge >= 0.3 is 0 Å². The Hall–Kier alpha value is -1.13. The summed E-state index contributed by atoms with van der Waals surface area (Å²) in [7, 11) is 2.05. The van der Waals surface area contributed by atoms with E-state index in [0.717, 1.165) is 29.7 Å². The summed E-state index contributed by atoms with van der Waals surface area (Å²) < 4.78 is 3.22. The fraction of sp³-hybridized carbons (Fsp3) is 0.438. The number of nitrogens with zero attached hydrogens (tertiary/aromatic N) is 2. The Labute approximate surface area is 129 Å². The topological polar surface area (TPSA) is 29.9 Å². The van der Waals surface area contributed by atoms with E-state index in [1.54, 1.807) is 0 Å². The molecule has 1 aromatic carbocycles. The summed E-state index contributed by atoms with van der Waals surface area (Å²) in [5.74, 6) is 1.11. The minimum atomic E-state index is 0.298. The van der Waals surface area contributed by atoms with Crippen LogP contribution >= 0.6 is 15.9 Å². The molecule has 0 fully saturated rings. The second-order valence-electron chi connectivity index (χ2n) is 5.23. The molecule has 3 nitrogen and oxygen atoms in total.